The summed E-state index contributed by atoms with van der Waals surface area (Å²) in [5, 5.41) is 4.41. The van der Waals surface area contributed by atoms with E-state index in [1.165, 1.54) is 4.90 Å². The van der Waals surface area contributed by atoms with E-state index in [4.69, 9.17) is 0 Å². The molecule has 7 heteroatoms. The van der Waals surface area contributed by atoms with Crippen LogP contribution < -0.4 is 0 Å². The zero-order chi connectivity index (χ0) is 17.5. The fourth-order valence-electron chi connectivity index (χ4n) is 2.95. The Bertz CT molecular complexity index is 869. The monoisotopic (exact) mass is 347 g/mol. The van der Waals surface area contributed by atoms with Gasteiger partial charge >= 0.3 is 0 Å². The summed E-state index contributed by atoms with van der Waals surface area (Å²) in [7, 11) is -1.38. The van der Waals surface area contributed by atoms with Gasteiger partial charge in [0.15, 0.2) is 15.5 Å². The first-order valence-electron chi connectivity index (χ1n) is 7.88. The first-order chi connectivity index (χ1) is 11.3. The van der Waals surface area contributed by atoms with Crippen molar-refractivity contribution in [3.05, 3.63) is 47.3 Å². The molecule has 2 aromatic rings. The summed E-state index contributed by atoms with van der Waals surface area (Å²) in [6, 6.07) is 9.36. The van der Waals surface area contributed by atoms with Crippen LogP contribution in [0.15, 0.2) is 30.3 Å². The van der Waals surface area contributed by atoms with E-state index in [1.54, 1.807) is 17.8 Å². The molecule has 0 N–H and O–H groups in total. The van der Waals surface area contributed by atoms with E-state index in [-0.39, 0.29) is 23.5 Å². The molecule has 1 fully saturated rings. The minimum atomic E-state index is -3.03. The molecular weight excluding hydrogens is 326 g/mol. The van der Waals surface area contributed by atoms with E-state index in [2.05, 4.69) is 5.10 Å². The van der Waals surface area contributed by atoms with Gasteiger partial charge in [0, 0.05) is 18.8 Å². The van der Waals surface area contributed by atoms with Crippen LogP contribution in [0.25, 0.3) is 5.69 Å². The number of aryl methyl sites for hydroxylation is 2. The second kappa shape index (κ2) is 6.05. The van der Waals surface area contributed by atoms with Crippen molar-refractivity contribution in [3.63, 3.8) is 0 Å². The van der Waals surface area contributed by atoms with Crippen molar-refractivity contribution in [1.82, 2.24) is 14.7 Å². The van der Waals surface area contributed by atoms with Gasteiger partial charge in [0.25, 0.3) is 5.91 Å². The molecule has 0 aliphatic carbocycles. The Morgan fingerprint density at radius 3 is 2.50 bits per heavy atom. The Labute approximate surface area is 142 Å². The minimum absolute atomic E-state index is 0.0346. The molecule has 2 heterocycles. The molecule has 0 saturated carbocycles. The van der Waals surface area contributed by atoms with Gasteiger partial charge < -0.3 is 4.90 Å². The van der Waals surface area contributed by atoms with Crippen molar-refractivity contribution >= 4 is 15.7 Å². The van der Waals surface area contributed by atoms with Crippen molar-refractivity contribution in [2.24, 2.45) is 0 Å². The molecule has 3 rings (SSSR count). The fraction of sp³-hybridized carbons (Fsp3) is 0.412. The van der Waals surface area contributed by atoms with E-state index in [9.17, 15) is 13.2 Å². The molecule has 0 bridgehead atoms. The number of nitrogens with zero attached hydrogens (tertiary/aromatic N) is 3. The SMILES string of the molecule is Cc1ccc(-n2nc(C(=O)N(C)C3CCS(=O)(=O)C3)cc2C)cc1. The van der Waals surface area contributed by atoms with Crippen molar-refractivity contribution in [3.8, 4) is 5.69 Å². The average Bonchev–Trinajstić information content (AvgIpc) is 3.09. The molecule has 1 atom stereocenters. The summed E-state index contributed by atoms with van der Waals surface area (Å²) in [6.07, 6.45) is 0.488. The third-order valence-electron chi connectivity index (χ3n) is 4.46. The van der Waals surface area contributed by atoms with Crippen LogP contribution in [0.4, 0.5) is 0 Å². The summed E-state index contributed by atoms with van der Waals surface area (Å²) in [4.78, 5) is 14.2. The Morgan fingerprint density at radius 2 is 1.92 bits per heavy atom. The van der Waals surface area contributed by atoms with Crippen molar-refractivity contribution in [2.45, 2.75) is 26.3 Å². The predicted octanol–water partition coefficient (Wildman–Crippen LogP) is 1.75. The van der Waals surface area contributed by atoms with Crippen LogP contribution in [0.5, 0.6) is 0 Å². The van der Waals surface area contributed by atoms with E-state index in [0.29, 0.717) is 12.1 Å². The van der Waals surface area contributed by atoms with Crippen molar-refractivity contribution in [2.75, 3.05) is 18.6 Å². The van der Waals surface area contributed by atoms with Crippen LogP contribution in [0.3, 0.4) is 0 Å². The van der Waals surface area contributed by atoms with Crippen LogP contribution in [0.2, 0.25) is 0 Å². The summed E-state index contributed by atoms with van der Waals surface area (Å²) in [6.45, 7) is 3.91. The Balaban J connectivity index is 1.84. The lowest BCUT2D eigenvalue weighted by Crippen LogP contribution is -2.38. The van der Waals surface area contributed by atoms with Gasteiger partial charge in [0.1, 0.15) is 0 Å². The molecule has 0 spiro atoms. The first kappa shape index (κ1) is 16.7. The van der Waals surface area contributed by atoms with Gasteiger partial charge in [0.2, 0.25) is 0 Å². The number of aromatic nitrogens is 2. The maximum atomic E-state index is 12.6. The molecule has 1 aliphatic rings. The third-order valence-corrected chi connectivity index (χ3v) is 6.21. The average molecular weight is 347 g/mol. The van der Waals surface area contributed by atoms with Crippen molar-refractivity contribution < 1.29 is 13.2 Å². The van der Waals surface area contributed by atoms with Gasteiger partial charge in [-0.15, -0.1) is 0 Å². The zero-order valence-electron chi connectivity index (χ0n) is 14.1. The highest BCUT2D eigenvalue weighted by atomic mass is 32.2. The Kier molecular flexibility index (Phi) is 4.21. The number of amides is 1. The molecule has 1 aromatic carbocycles. The van der Waals surface area contributed by atoms with E-state index in [1.807, 2.05) is 38.1 Å². The maximum absolute atomic E-state index is 12.6. The predicted molar refractivity (Wildman–Crippen MR) is 92.2 cm³/mol. The van der Waals surface area contributed by atoms with E-state index in [0.717, 1.165) is 16.9 Å². The number of hydrogen-bond acceptors (Lipinski definition) is 4. The highest BCUT2D eigenvalue weighted by molar-refractivity contribution is 7.91. The van der Waals surface area contributed by atoms with Crippen LogP contribution in [-0.2, 0) is 9.84 Å². The van der Waals surface area contributed by atoms with Gasteiger partial charge in [-0.2, -0.15) is 5.10 Å². The van der Waals surface area contributed by atoms with Gasteiger partial charge in [-0.25, -0.2) is 13.1 Å². The second-order valence-corrected chi connectivity index (χ2v) is 8.62. The molecule has 0 radical (unpaired) electrons. The van der Waals surface area contributed by atoms with E-state index < -0.39 is 9.84 Å². The third kappa shape index (κ3) is 3.21. The Morgan fingerprint density at radius 1 is 1.25 bits per heavy atom. The maximum Gasteiger partial charge on any atom is 0.274 e. The van der Waals surface area contributed by atoms with Gasteiger partial charge in [-0.3, -0.25) is 4.79 Å². The lowest BCUT2D eigenvalue weighted by Gasteiger charge is -2.22. The van der Waals surface area contributed by atoms with Gasteiger partial charge in [-0.1, -0.05) is 17.7 Å². The quantitative estimate of drug-likeness (QED) is 0.848. The fourth-order valence-corrected chi connectivity index (χ4v) is 4.73. The molecule has 1 amide bonds. The minimum Gasteiger partial charge on any atom is -0.336 e. The molecule has 6 nitrogen and oxygen atoms in total. The standard InChI is InChI=1S/C17H21N3O3S/c1-12-4-6-14(7-5-12)20-13(2)10-16(18-20)17(21)19(3)15-8-9-24(22,23)11-15/h4-7,10,15H,8-9,11H2,1-3H3. The summed E-state index contributed by atoms with van der Waals surface area (Å²) in [5.41, 5.74) is 3.24. The second-order valence-electron chi connectivity index (χ2n) is 6.39. The topological polar surface area (TPSA) is 72.3 Å². The number of benzene rings is 1. The molecule has 1 aromatic heterocycles. The number of rotatable bonds is 3. The van der Waals surface area contributed by atoms with Crippen LogP contribution in [0, 0.1) is 13.8 Å². The summed E-state index contributed by atoms with van der Waals surface area (Å²) >= 11 is 0. The summed E-state index contributed by atoms with van der Waals surface area (Å²) in [5.74, 6) is -0.0648. The van der Waals surface area contributed by atoms with Gasteiger partial charge in [0.05, 0.1) is 17.2 Å². The van der Waals surface area contributed by atoms with E-state index >= 15 is 0 Å². The number of carbonyl (C=O) groups excluding carboxylic acids is 1. The lowest BCUT2D eigenvalue weighted by atomic mass is 10.2. The lowest BCUT2D eigenvalue weighted by molar-refractivity contribution is 0.0741. The summed E-state index contributed by atoms with van der Waals surface area (Å²) < 4.78 is 25.0. The van der Waals surface area contributed by atoms with Crippen LogP contribution in [0.1, 0.15) is 28.2 Å². The Hall–Kier alpha value is -2.15. The molecule has 1 unspecified atom stereocenters. The first-order valence-corrected chi connectivity index (χ1v) is 9.70. The molecule has 1 aliphatic heterocycles. The smallest absolute Gasteiger partial charge is 0.274 e. The molecular formula is C17H21N3O3S. The van der Waals surface area contributed by atoms with Gasteiger partial charge in [-0.05, 0) is 38.5 Å². The molecule has 1 saturated heterocycles. The highest BCUT2D eigenvalue weighted by Crippen LogP contribution is 2.19. The largest absolute Gasteiger partial charge is 0.336 e. The molecule has 128 valence electrons. The normalized spacial score (nSPS) is 19.4. The zero-order valence-corrected chi connectivity index (χ0v) is 14.9. The highest BCUT2D eigenvalue weighted by Gasteiger charge is 2.33. The number of carbonyl (C=O) groups is 1. The van der Waals surface area contributed by atoms with Crippen molar-refractivity contribution in [1.29, 1.82) is 0 Å². The van der Waals surface area contributed by atoms with Crippen LogP contribution >= 0.6 is 0 Å². The van der Waals surface area contributed by atoms with Crippen LogP contribution in [-0.4, -0.2) is 53.6 Å². The number of hydrogen-bond donors (Lipinski definition) is 0. The number of sulfone groups is 1. The molecule has 24 heavy (non-hydrogen) atoms.